The fourth-order valence-corrected chi connectivity index (χ4v) is 2.11. The average molecular weight is 362 g/mol. The number of nitrogens with two attached hydrogens (primary N) is 4. The fourth-order valence-electron chi connectivity index (χ4n) is 2.11. The molecule has 0 saturated heterocycles. The number of benzene rings is 2. The Labute approximate surface area is 152 Å². The van der Waals surface area contributed by atoms with Crippen LogP contribution in [0, 0.1) is 0 Å². The molecule has 0 spiro atoms. The van der Waals surface area contributed by atoms with Gasteiger partial charge in [-0.3, -0.25) is 0 Å². The third-order valence-electron chi connectivity index (χ3n) is 3.46. The molecule has 0 unspecified atom stereocenters. The van der Waals surface area contributed by atoms with Gasteiger partial charge in [-0.05, 0) is 31.2 Å². The summed E-state index contributed by atoms with van der Waals surface area (Å²) < 4.78 is 22.3. The van der Waals surface area contributed by atoms with E-state index in [1.807, 2.05) is 6.92 Å². The Bertz CT molecular complexity index is 658. The highest BCUT2D eigenvalue weighted by Gasteiger charge is 2.16. The van der Waals surface area contributed by atoms with E-state index in [0.29, 0.717) is 53.9 Å². The van der Waals surface area contributed by atoms with E-state index in [1.54, 1.807) is 36.4 Å². The standard InChI is InChI=1S/C18H26N4O4/c1-2-23-11-24-8-7-18(25-16-9-12(19)3-5-14(16)21)26-17-10-13(20)4-6-15(17)22/h3-6,9-10,18H,2,7-8,11,19-22H2,1H3. The van der Waals surface area contributed by atoms with Gasteiger partial charge in [-0.2, -0.15) is 0 Å². The first-order valence-corrected chi connectivity index (χ1v) is 8.28. The van der Waals surface area contributed by atoms with Crippen LogP contribution in [0.1, 0.15) is 13.3 Å². The van der Waals surface area contributed by atoms with Crippen molar-refractivity contribution in [2.45, 2.75) is 19.6 Å². The van der Waals surface area contributed by atoms with Gasteiger partial charge in [-0.15, -0.1) is 0 Å². The molecule has 0 fully saturated rings. The minimum atomic E-state index is -0.704. The van der Waals surface area contributed by atoms with Crippen LogP contribution in [0.15, 0.2) is 36.4 Å². The Morgan fingerprint density at radius 3 is 1.85 bits per heavy atom. The van der Waals surface area contributed by atoms with Gasteiger partial charge >= 0.3 is 0 Å². The van der Waals surface area contributed by atoms with Crippen LogP contribution in [0.25, 0.3) is 0 Å². The minimum Gasteiger partial charge on any atom is -0.453 e. The van der Waals surface area contributed by atoms with Crippen LogP contribution < -0.4 is 32.4 Å². The lowest BCUT2D eigenvalue weighted by Crippen LogP contribution is -2.27. The molecular formula is C18H26N4O4. The molecule has 2 aromatic carbocycles. The molecule has 0 saturated carbocycles. The first-order chi connectivity index (χ1) is 12.5. The van der Waals surface area contributed by atoms with E-state index < -0.39 is 6.29 Å². The second-order valence-corrected chi connectivity index (χ2v) is 5.57. The van der Waals surface area contributed by atoms with Gasteiger partial charge in [0.25, 0.3) is 0 Å². The van der Waals surface area contributed by atoms with Crippen molar-refractivity contribution >= 4 is 22.7 Å². The predicted octanol–water partition coefficient (Wildman–Crippen LogP) is 2.20. The van der Waals surface area contributed by atoms with Crippen molar-refractivity contribution in [3.8, 4) is 11.5 Å². The number of hydrogen-bond donors (Lipinski definition) is 4. The van der Waals surface area contributed by atoms with Gasteiger partial charge in [0.1, 0.15) is 18.3 Å². The molecule has 2 rings (SSSR count). The highest BCUT2D eigenvalue weighted by Crippen LogP contribution is 2.29. The van der Waals surface area contributed by atoms with Crippen LogP contribution in [-0.2, 0) is 9.47 Å². The number of anilines is 4. The molecule has 0 heterocycles. The summed E-state index contributed by atoms with van der Waals surface area (Å²) in [7, 11) is 0. The fraction of sp³-hybridized carbons (Fsp3) is 0.333. The van der Waals surface area contributed by atoms with E-state index in [1.165, 1.54) is 0 Å². The lowest BCUT2D eigenvalue weighted by Gasteiger charge is -2.22. The first kappa shape index (κ1) is 19.5. The van der Waals surface area contributed by atoms with Gasteiger partial charge in [0.05, 0.1) is 18.0 Å². The molecule has 142 valence electrons. The molecule has 0 radical (unpaired) electrons. The van der Waals surface area contributed by atoms with Crippen LogP contribution in [0.4, 0.5) is 22.7 Å². The van der Waals surface area contributed by atoms with Crippen LogP contribution in [-0.4, -0.2) is 26.3 Å². The van der Waals surface area contributed by atoms with Crippen molar-refractivity contribution in [1.82, 2.24) is 0 Å². The Kier molecular flexibility index (Phi) is 7.19. The molecule has 2 aromatic rings. The zero-order valence-corrected chi connectivity index (χ0v) is 14.8. The summed E-state index contributed by atoms with van der Waals surface area (Å²) in [6, 6.07) is 9.99. The van der Waals surface area contributed by atoms with Crippen molar-refractivity contribution in [1.29, 1.82) is 0 Å². The van der Waals surface area contributed by atoms with Crippen LogP contribution >= 0.6 is 0 Å². The molecule has 8 heteroatoms. The Morgan fingerprint density at radius 2 is 1.35 bits per heavy atom. The third-order valence-corrected chi connectivity index (χ3v) is 3.46. The van der Waals surface area contributed by atoms with Crippen LogP contribution in [0.5, 0.6) is 11.5 Å². The number of ether oxygens (including phenoxy) is 4. The number of rotatable bonds is 10. The van der Waals surface area contributed by atoms with Gasteiger partial charge in [0, 0.05) is 36.5 Å². The van der Waals surface area contributed by atoms with Crippen molar-refractivity contribution < 1.29 is 18.9 Å². The molecule has 8 N–H and O–H groups in total. The molecule has 0 aromatic heterocycles. The summed E-state index contributed by atoms with van der Waals surface area (Å²) in [5.41, 5.74) is 25.5. The Hall–Kier alpha value is -2.84. The SMILES string of the molecule is CCOCOCCC(Oc1cc(N)ccc1N)Oc1cc(N)ccc1N. The lowest BCUT2D eigenvalue weighted by molar-refractivity contribution is -0.0744. The number of nitrogen functional groups attached to an aromatic ring is 4. The zero-order valence-electron chi connectivity index (χ0n) is 14.8. The van der Waals surface area contributed by atoms with Gasteiger partial charge in [-0.25, -0.2) is 0 Å². The van der Waals surface area contributed by atoms with E-state index in [4.69, 9.17) is 41.9 Å². The summed E-state index contributed by atoms with van der Waals surface area (Å²) in [5, 5.41) is 0. The Balaban J connectivity index is 2.10. The maximum atomic E-state index is 5.95. The van der Waals surface area contributed by atoms with Crippen molar-refractivity contribution in [3.63, 3.8) is 0 Å². The molecule has 26 heavy (non-hydrogen) atoms. The highest BCUT2D eigenvalue weighted by atomic mass is 16.7. The van der Waals surface area contributed by atoms with Crippen molar-refractivity contribution in [2.75, 3.05) is 42.9 Å². The van der Waals surface area contributed by atoms with Crippen molar-refractivity contribution in [3.05, 3.63) is 36.4 Å². The van der Waals surface area contributed by atoms with E-state index in [2.05, 4.69) is 0 Å². The molecule has 0 aliphatic heterocycles. The van der Waals surface area contributed by atoms with Crippen LogP contribution in [0.3, 0.4) is 0 Å². The van der Waals surface area contributed by atoms with E-state index in [-0.39, 0.29) is 6.79 Å². The average Bonchev–Trinajstić information content (AvgIpc) is 2.61. The molecular weight excluding hydrogens is 336 g/mol. The quantitative estimate of drug-likeness (QED) is 0.286. The van der Waals surface area contributed by atoms with Gasteiger partial charge in [0.15, 0.2) is 0 Å². The zero-order chi connectivity index (χ0) is 18.9. The minimum absolute atomic E-state index is 0.198. The smallest absolute Gasteiger partial charge is 0.243 e. The normalized spacial score (nSPS) is 10.8. The highest BCUT2D eigenvalue weighted by molar-refractivity contribution is 5.60. The summed E-state index contributed by atoms with van der Waals surface area (Å²) in [6.45, 7) is 3.03. The van der Waals surface area contributed by atoms with Gasteiger partial charge in [-0.1, -0.05) is 0 Å². The molecule has 0 atom stereocenters. The van der Waals surface area contributed by atoms with E-state index in [0.717, 1.165) is 0 Å². The monoisotopic (exact) mass is 362 g/mol. The number of hydrogen-bond acceptors (Lipinski definition) is 8. The maximum Gasteiger partial charge on any atom is 0.243 e. The van der Waals surface area contributed by atoms with Crippen LogP contribution in [0.2, 0.25) is 0 Å². The summed E-state index contributed by atoms with van der Waals surface area (Å²) in [4.78, 5) is 0. The Morgan fingerprint density at radius 1 is 0.808 bits per heavy atom. The van der Waals surface area contributed by atoms with E-state index >= 15 is 0 Å². The summed E-state index contributed by atoms with van der Waals surface area (Å²) >= 11 is 0. The predicted molar refractivity (Wildman–Crippen MR) is 103 cm³/mol. The van der Waals surface area contributed by atoms with Gasteiger partial charge in [0.2, 0.25) is 6.29 Å². The molecule has 0 aliphatic rings. The topological polar surface area (TPSA) is 141 Å². The summed E-state index contributed by atoms with van der Waals surface area (Å²) in [5.74, 6) is 0.838. The van der Waals surface area contributed by atoms with E-state index in [9.17, 15) is 0 Å². The second kappa shape index (κ2) is 9.59. The molecule has 8 nitrogen and oxygen atoms in total. The maximum absolute atomic E-state index is 5.95. The third kappa shape index (κ3) is 5.91. The lowest BCUT2D eigenvalue weighted by atomic mass is 10.2. The largest absolute Gasteiger partial charge is 0.453 e. The summed E-state index contributed by atoms with van der Waals surface area (Å²) in [6.07, 6.45) is -0.292. The molecule has 0 bridgehead atoms. The second-order valence-electron chi connectivity index (χ2n) is 5.57. The molecule has 0 amide bonds. The van der Waals surface area contributed by atoms with Gasteiger partial charge < -0.3 is 41.9 Å². The first-order valence-electron chi connectivity index (χ1n) is 8.28. The molecule has 0 aliphatic carbocycles. The van der Waals surface area contributed by atoms with Crippen molar-refractivity contribution in [2.24, 2.45) is 0 Å².